The molecule has 0 saturated heterocycles. The Labute approximate surface area is 86.8 Å². The molecule has 1 aromatic carbocycles. The highest BCUT2D eigenvalue weighted by Crippen LogP contribution is 2.17. The molecule has 0 aliphatic carbocycles. The highest BCUT2D eigenvalue weighted by Gasteiger charge is 2.00. The van der Waals surface area contributed by atoms with Crippen molar-refractivity contribution in [2.45, 2.75) is 33.1 Å². The number of anilines is 1. The quantitative estimate of drug-likeness (QED) is 0.783. The molecule has 0 aromatic heterocycles. The van der Waals surface area contributed by atoms with Crippen molar-refractivity contribution >= 4 is 11.6 Å². The second kappa shape index (κ2) is 4.80. The van der Waals surface area contributed by atoms with Crippen LogP contribution in [0.2, 0.25) is 0 Å². The molecule has 0 aliphatic rings. The van der Waals surface area contributed by atoms with Gasteiger partial charge in [-0.05, 0) is 23.6 Å². The summed E-state index contributed by atoms with van der Waals surface area (Å²) in [6.07, 6.45) is 0.520. The lowest BCUT2D eigenvalue weighted by Gasteiger charge is -2.07. The van der Waals surface area contributed by atoms with E-state index in [9.17, 15) is 4.79 Å². The minimum atomic E-state index is 0. The van der Waals surface area contributed by atoms with Crippen LogP contribution >= 0.6 is 0 Å². The van der Waals surface area contributed by atoms with Crippen LogP contribution < -0.4 is 5.32 Å². The lowest BCUT2D eigenvalue weighted by atomic mass is 10.0. The van der Waals surface area contributed by atoms with Crippen molar-refractivity contribution in [1.82, 2.24) is 0 Å². The smallest absolute Gasteiger partial charge is 0.224 e. The largest absolute Gasteiger partial charge is 0.326 e. The Hall–Kier alpha value is -1.31. The average Bonchev–Trinajstić information content (AvgIpc) is 2.18. The molecular weight excluding hydrogens is 174 g/mol. The zero-order valence-electron chi connectivity index (χ0n) is 9.00. The third-order valence-electron chi connectivity index (χ3n) is 2.18. The number of rotatable bonds is 3. The molecule has 1 aromatic rings. The average molecular weight is 193 g/mol. The normalized spacial score (nSPS) is 10.3. The van der Waals surface area contributed by atoms with Gasteiger partial charge in [0.1, 0.15) is 0 Å². The molecule has 78 valence electrons. The summed E-state index contributed by atoms with van der Waals surface area (Å²) in [6.45, 7) is 6.15. The van der Waals surface area contributed by atoms with Crippen LogP contribution in [0.3, 0.4) is 0 Å². The van der Waals surface area contributed by atoms with Crippen LogP contribution in [0.4, 0.5) is 5.69 Å². The van der Waals surface area contributed by atoms with Gasteiger partial charge in [-0.15, -0.1) is 0 Å². The topological polar surface area (TPSA) is 29.1 Å². The Morgan fingerprint density at radius 2 is 1.93 bits per heavy atom. The molecule has 0 fully saturated rings. The van der Waals surface area contributed by atoms with Crippen molar-refractivity contribution in [3.8, 4) is 0 Å². The molecule has 0 radical (unpaired) electrons. The van der Waals surface area contributed by atoms with Crippen molar-refractivity contribution in [1.29, 1.82) is 0 Å². The van der Waals surface area contributed by atoms with Gasteiger partial charge in [0.05, 0.1) is 0 Å². The molecule has 0 saturated carbocycles. The van der Waals surface area contributed by atoms with Gasteiger partial charge in [-0.25, -0.2) is 0 Å². The molecule has 0 atom stereocenters. The van der Waals surface area contributed by atoms with Gasteiger partial charge in [0.25, 0.3) is 0 Å². The maximum Gasteiger partial charge on any atom is 0.224 e. The fourth-order valence-corrected chi connectivity index (χ4v) is 1.20. The summed E-state index contributed by atoms with van der Waals surface area (Å²) in [7, 11) is 0. The summed E-state index contributed by atoms with van der Waals surface area (Å²) in [6, 6.07) is 8.00. The third kappa shape index (κ3) is 2.87. The first-order valence-electron chi connectivity index (χ1n) is 5.03. The van der Waals surface area contributed by atoms with Crippen LogP contribution in [0.25, 0.3) is 0 Å². The van der Waals surface area contributed by atoms with E-state index in [0.717, 1.165) is 5.69 Å². The molecule has 1 rings (SSSR count). The van der Waals surface area contributed by atoms with E-state index in [-0.39, 0.29) is 7.33 Å². The minimum absolute atomic E-state index is 0. The molecule has 1 amide bonds. The van der Waals surface area contributed by atoms with Crippen LogP contribution in [-0.4, -0.2) is 5.91 Å². The first-order chi connectivity index (χ1) is 6.63. The highest BCUT2D eigenvalue weighted by molar-refractivity contribution is 5.90. The summed E-state index contributed by atoms with van der Waals surface area (Å²) in [5.74, 6) is 0.591. The van der Waals surface area contributed by atoms with E-state index < -0.39 is 0 Å². The molecule has 2 nitrogen and oxygen atoms in total. The minimum Gasteiger partial charge on any atom is -0.326 e. The molecule has 0 spiro atoms. The van der Waals surface area contributed by atoms with E-state index in [2.05, 4.69) is 31.3 Å². The first kappa shape index (κ1) is 10.8. The third-order valence-corrected chi connectivity index (χ3v) is 2.18. The predicted molar refractivity (Wildman–Crippen MR) is 61.6 cm³/mol. The van der Waals surface area contributed by atoms with Crippen molar-refractivity contribution < 1.29 is 6.22 Å². The van der Waals surface area contributed by atoms with Crippen LogP contribution in [0.1, 0.15) is 40.1 Å². The van der Waals surface area contributed by atoms with Gasteiger partial charge in [0.2, 0.25) is 5.91 Å². The molecular formula is C12H19NO. The van der Waals surface area contributed by atoms with E-state index in [1.807, 2.05) is 19.1 Å². The Balaban J connectivity index is 0.00000196. The van der Waals surface area contributed by atoms with Gasteiger partial charge in [-0.3, -0.25) is 4.79 Å². The Morgan fingerprint density at radius 1 is 1.36 bits per heavy atom. The number of hydrogen-bond donors (Lipinski definition) is 1. The van der Waals surface area contributed by atoms with Gasteiger partial charge in [-0.1, -0.05) is 32.9 Å². The maximum atomic E-state index is 11.1. The number of carbonyl (C=O) groups is 1. The molecule has 2 heteroatoms. The standard InChI is InChI=1S/C12H17NO.H2/c1-4-12(14)13-11-7-5-10(6-8-11)9(2)3;/h5-9H,4H2,1-3H3,(H,13,14);1H. The zero-order valence-corrected chi connectivity index (χ0v) is 9.00. The SMILES string of the molecule is CCC(=O)Nc1ccc(C(C)C)cc1.[HH]. The van der Waals surface area contributed by atoms with Gasteiger partial charge in [0.15, 0.2) is 0 Å². The Kier molecular flexibility index (Phi) is 3.69. The zero-order chi connectivity index (χ0) is 10.6. The highest BCUT2D eigenvalue weighted by atomic mass is 16.1. The second-order valence-corrected chi connectivity index (χ2v) is 3.68. The first-order valence-corrected chi connectivity index (χ1v) is 5.03. The van der Waals surface area contributed by atoms with Gasteiger partial charge in [0, 0.05) is 13.5 Å². The van der Waals surface area contributed by atoms with Crippen molar-refractivity contribution in [3.05, 3.63) is 29.8 Å². The summed E-state index contributed by atoms with van der Waals surface area (Å²) in [5, 5.41) is 2.82. The number of hydrogen-bond acceptors (Lipinski definition) is 1. The van der Waals surface area contributed by atoms with Crippen LogP contribution in [0, 0.1) is 0 Å². The molecule has 1 N–H and O–H groups in total. The number of amides is 1. The van der Waals surface area contributed by atoms with E-state index >= 15 is 0 Å². The number of carbonyl (C=O) groups excluding carboxylic acids is 1. The van der Waals surface area contributed by atoms with Crippen LogP contribution in [-0.2, 0) is 4.79 Å². The Bertz CT molecular complexity index is 306. The van der Waals surface area contributed by atoms with Gasteiger partial charge < -0.3 is 5.32 Å². The summed E-state index contributed by atoms with van der Waals surface area (Å²) >= 11 is 0. The lowest BCUT2D eigenvalue weighted by molar-refractivity contribution is -0.115. The van der Waals surface area contributed by atoms with Crippen molar-refractivity contribution in [2.24, 2.45) is 0 Å². The van der Waals surface area contributed by atoms with E-state index in [4.69, 9.17) is 0 Å². The lowest BCUT2D eigenvalue weighted by Crippen LogP contribution is -2.09. The monoisotopic (exact) mass is 193 g/mol. The number of benzene rings is 1. The Morgan fingerprint density at radius 3 is 2.36 bits per heavy atom. The molecule has 0 aliphatic heterocycles. The van der Waals surface area contributed by atoms with E-state index in [1.54, 1.807) is 0 Å². The fraction of sp³-hybridized carbons (Fsp3) is 0.417. The van der Waals surface area contributed by atoms with Gasteiger partial charge in [-0.2, -0.15) is 0 Å². The number of nitrogens with one attached hydrogen (secondary N) is 1. The summed E-state index contributed by atoms with van der Waals surface area (Å²) in [5.41, 5.74) is 2.17. The summed E-state index contributed by atoms with van der Waals surface area (Å²) < 4.78 is 0. The van der Waals surface area contributed by atoms with Crippen molar-refractivity contribution in [3.63, 3.8) is 0 Å². The molecule has 0 bridgehead atoms. The molecule has 0 unspecified atom stereocenters. The van der Waals surface area contributed by atoms with E-state index in [0.29, 0.717) is 12.3 Å². The van der Waals surface area contributed by atoms with Crippen molar-refractivity contribution in [2.75, 3.05) is 5.32 Å². The van der Waals surface area contributed by atoms with E-state index in [1.165, 1.54) is 5.56 Å². The fourth-order valence-electron chi connectivity index (χ4n) is 1.20. The second-order valence-electron chi connectivity index (χ2n) is 3.68. The predicted octanol–water partition coefficient (Wildman–Crippen LogP) is 3.40. The summed E-state index contributed by atoms with van der Waals surface area (Å²) in [4.78, 5) is 11.1. The maximum absolute atomic E-state index is 11.1. The van der Waals surface area contributed by atoms with Crippen LogP contribution in [0.15, 0.2) is 24.3 Å². The molecule has 14 heavy (non-hydrogen) atoms. The van der Waals surface area contributed by atoms with Gasteiger partial charge >= 0.3 is 0 Å². The van der Waals surface area contributed by atoms with Crippen LogP contribution in [0.5, 0.6) is 0 Å². The molecule has 0 heterocycles.